The van der Waals surface area contributed by atoms with E-state index in [4.69, 9.17) is 4.74 Å². The Labute approximate surface area is 119 Å². The number of thioether (sulfide) groups is 1. The molecule has 0 bridgehead atoms. The highest BCUT2D eigenvalue weighted by molar-refractivity contribution is 8.00. The van der Waals surface area contributed by atoms with Crippen molar-refractivity contribution < 1.29 is 14.3 Å². The predicted molar refractivity (Wildman–Crippen MR) is 73.5 cm³/mol. The average molecular weight is 304 g/mol. The molecule has 9 heteroatoms. The van der Waals surface area contributed by atoms with Crippen molar-refractivity contribution in [1.29, 1.82) is 0 Å². The maximum absolute atomic E-state index is 11.8. The smallest absolute Gasteiger partial charge is 0.437 e. The average Bonchev–Trinajstić information content (AvgIpc) is 2.71. The summed E-state index contributed by atoms with van der Waals surface area (Å²) in [5, 5.41) is 4.05. The summed E-state index contributed by atoms with van der Waals surface area (Å²) in [4.78, 5) is 28.8. The van der Waals surface area contributed by atoms with Gasteiger partial charge in [0.05, 0.1) is 6.10 Å². The molecule has 0 aliphatic heterocycles. The van der Waals surface area contributed by atoms with Crippen LogP contribution in [0.1, 0.15) is 13.8 Å². The Morgan fingerprint density at radius 3 is 2.58 bits per heavy atom. The minimum absolute atomic E-state index is 0.202. The van der Waals surface area contributed by atoms with Crippen molar-refractivity contribution in [3.63, 3.8) is 0 Å². The van der Waals surface area contributed by atoms with Gasteiger partial charge in [0.2, 0.25) is 4.80 Å². The predicted octanol–water partition coefficient (Wildman–Crippen LogP) is 1.64. The van der Waals surface area contributed by atoms with E-state index in [1.807, 2.05) is 6.26 Å². The van der Waals surface area contributed by atoms with Crippen LogP contribution in [0.4, 0.5) is 9.59 Å². The lowest BCUT2D eigenvalue weighted by molar-refractivity contribution is 0.113. The van der Waals surface area contributed by atoms with Gasteiger partial charge < -0.3 is 9.64 Å². The zero-order valence-electron chi connectivity index (χ0n) is 11.4. The summed E-state index contributed by atoms with van der Waals surface area (Å²) in [7, 11) is 3.16. The molecule has 0 aliphatic carbocycles. The number of ether oxygens (including phenoxy) is 1. The third-order valence-electron chi connectivity index (χ3n) is 1.80. The first kappa shape index (κ1) is 15.7. The summed E-state index contributed by atoms with van der Waals surface area (Å²) in [6.07, 6.45) is 0.919. The molecule has 0 spiro atoms. The summed E-state index contributed by atoms with van der Waals surface area (Å²) in [5.41, 5.74) is 0. The van der Waals surface area contributed by atoms with E-state index in [9.17, 15) is 9.59 Å². The normalized spacial score (nSPS) is 11.8. The molecule has 0 N–H and O–H groups in total. The standard InChI is InChI=1S/C10H16N4O3S2/c1-6(2)17-10(16)14-8(11-7(15)13(3)4)19-9(12-14)18-5/h6H,1-5H3. The molecule has 0 saturated heterocycles. The Balaban J connectivity index is 3.20. The topological polar surface area (TPSA) is 76.8 Å². The quantitative estimate of drug-likeness (QED) is 0.776. The third-order valence-corrected chi connectivity index (χ3v) is 3.68. The van der Waals surface area contributed by atoms with E-state index in [-0.39, 0.29) is 10.9 Å². The molecular formula is C10H16N4O3S2. The van der Waals surface area contributed by atoms with Crippen molar-refractivity contribution in [2.45, 2.75) is 24.3 Å². The van der Waals surface area contributed by atoms with Crippen molar-refractivity contribution in [1.82, 2.24) is 14.7 Å². The Morgan fingerprint density at radius 2 is 2.11 bits per heavy atom. The second-order valence-corrected chi connectivity index (χ2v) is 6.00. The van der Waals surface area contributed by atoms with Crippen LogP contribution in [-0.4, -0.2) is 53.3 Å². The summed E-state index contributed by atoms with van der Waals surface area (Å²) in [6.45, 7) is 3.48. The largest absolute Gasteiger partial charge is 0.445 e. The highest BCUT2D eigenvalue weighted by Gasteiger charge is 2.15. The Morgan fingerprint density at radius 1 is 1.47 bits per heavy atom. The summed E-state index contributed by atoms with van der Waals surface area (Å²) in [5.74, 6) is 0. The van der Waals surface area contributed by atoms with Crippen LogP contribution in [0, 0.1) is 0 Å². The lowest BCUT2D eigenvalue weighted by Gasteiger charge is -2.07. The van der Waals surface area contributed by atoms with Gasteiger partial charge in [0.1, 0.15) is 0 Å². The number of carbonyl (C=O) groups excluding carboxylic acids is 2. The lowest BCUT2D eigenvalue weighted by atomic mass is 10.5. The second kappa shape index (κ2) is 6.71. The molecule has 1 rings (SSSR count). The number of carbonyl (C=O) groups is 2. The molecule has 0 aliphatic rings. The van der Waals surface area contributed by atoms with Gasteiger partial charge in [-0.3, -0.25) is 0 Å². The summed E-state index contributed by atoms with van der Waals surface area (Å²) in [6, 6.07) is -0.456. The van der Waals surface area contributed by atoms with Crippen LogP contribution < -0.4 is 4.80 Å². The number of urea groups is 1. The van der Waals surface area contributed by atoms with Gasteiger partial charge in [0, 0.05) is 14.1 Å². The van der Waals surface area contributed by atoms with Crippen molar-refractivity contribution >= 4 is 35.2 Å². The van der Waals surface area contributed by atoms with Crippen LogP contribution in [-0.2, 0) is 4.74 Å². The first-order valence-electron chi connectivity index (χ1n) is 5.46. The van der Waals surface area contributed by atoms with Gasteiger partial charge in [-0.05, 0) is 20.1 Å². The monoisotopic (exact) mass is 304 g/mol. The van der Waals surface area contributed by atoms with E-state index in [1.165, 1.54) is 16.7 Å². The van der Waals surface area contributed by atoms with Gasteiger partial charge in [0.25, 0.3) is 0 Å². The van der Waals surface area contributed by atoms with Gasteiger partial charge in [-0.1, -0.05) is 23.1 Å². The Hall–Kier alpha value is -1.35. The number of aromatic nitrogens is 2. The molecule has 0 fully saturated rings. The van der Waals surface area contributed by atoms with Gasteiger partial charge in [-0.15, -0.1) is 9.78 Å². The first-order chi connectivity index (χ1) is 8.85. The van der Waals surface area contributed by atoms with Crippen LogP contribution in [0.15, 0.2) is 9.33 Å². The molecule has 1 aromatic rings. The van der Waals surface area contributed by atoms with Gasteiger partial charge in [-0.2, -0.15) is 4.99 Å². The molecule has 2 amide bonds. The number of rotatable bonds is 2. The maximum atomic E-state index is 11.8. The maximum Gasteiger partial charge on any atom is 0.437 e. The molecule has 0 saturated carbocycles. The van der Waals surface area contributed by atoms with E-state index < -0.39 is 12.1 Å². The first-order valence-corrected chi connectivity index (χ1v) is 7.50. The minimum atomic E-state index is -0.642. The van der Waals surface area contributed by atoms with Crippen LogP contribution >= 0.6 is 23.1 Å². The SMILES string of the molecule is CSc1nn(C(=O)OC(C)C)c(=NC(=O)N(C)C)s1. The summed E-state index contributed by atoms with van der Waals surface area (Å²) < 4.78 is 6.69. The zero-order valence-corrected chi connectivity index (χ0v) is 13.0. The van der Waals surface area contributed by atoms with Gasteiger partial charge in [0.15, 0.2) is 4.34 Å². The molecule has 19 heavy (non-hydrogen) atoms. The van der Waals surface area contributed by atoms with Crippen molar-refractivity contribution in [2.75, 3.05) is 20.4 Å². The fourth-order valence-corrected chi connectivity index (χ4v) is 2.30. The molecule has 0 atom stereocenters. The Kier molecular flexibility index (Phi) is 5.55. The number of hydrogen-bond donors (Lipinski definition) is 0. The fourth-order valence-electron chi connectivity index (χ4n) is 0.971. The van der Waals surface area contributed by atoms with Gasteiger partial charge in [-0.25, -0.2) is 9.59 Å². The Bertz CT molecular complexity index is 533. The fraction of sp³-hybridized carbons (Fsp3) is 0.600. The lowest BCUT2D eigenvalue weighted by Crippen LogP contribution is -2.30. The van der Waals surface area contributed by atoms with Crippen molar-refractivity contribution in [3.05, 3.63) is 4.80 Å². The molecule has 7 nitrogen and oxygen atoms in total. The molecule has 0 unspecified atom stereocenters. The molecule has 0 aromatic carbocycles. The van der Waals surface area contributed by atoms with E-state index in [0.717, 1.165) is 16.0 Å². The van der Waals surface area contributed by atoms with E-state index in [2.05, 4.69) is 10.1 Å². The van der Waals surface area contributed by atoms with E-state index >= 15 is 0 Å². The van der Waals surface area contributed by atoms with Crippen LogP contribution in [0.3, 0.4) is 0 Å². The van der Waals surface area contributed by atoms with Crippen LogP contribution in [0.2, 0.25) is 0 Å². The van der Waals surface area contributed by atoms with Gasteiger partial charge >= 0.3 is 12.1 Å². The molecule has 1 heterocycles. The highest BCUT2D eigenvalue weighted by Crippen LogP contribution is 2.13. The summed E-state index contributed by atoms with van der Waals surface area (Å²) >= 11 is 2.53. The third kappa shape index (κ3) is 4.35. The number of nitrogens with zero attached hydrogens (tertiary/aromatic N) is 4. The number of amides is 2. The second-order valence-electron chi connectivity index (χ2n) is 3.99. The number of hydrogen-bond acceptors (Lipinski definition) is 6. The van der Waals surface area contributed by atoms with Crippen LogP contribution in [0.5, 0.6) is 0 Å². The van der Waals surface area contributed by atoms with Crippen molar-refractivity contribution in [3.8, 4) is 0 Å². The highest BCUT2D eigenvalue weighted by atomic mass is 32.2. The van der Waals surface area contributed by atoms with Crippen LogP contribution in [0.25, 0.3) is 0 Å². The van der Waals surface area contributed by atoms with Crippen molar-refractivity contribution in [2.24, 2.45) is 4.99 Å². The minimum Gasteiger partial charge on any atom is -0.445 e. The van der Waals surface area contributed by atoms with E-state index in [1.54, 1.807) is 27.9 Å². The molecule has 1 aromatic heterocycles. The zero-order chi connectivity index (χ0) is 14.6. The molecular weight excluding hydrogens is 288 g/mol. The van der Waals surface area contributed by atoms with E-state index in [0.29, 0.717) is 4.34 Å². The molecule has 106 valence electrons. The molecule has 0 radical (unpaired) electrons.